The van der Waals surface area contributed by atoms with Crippen LogP contribution in [0.25, 0.3) is 0 Å². The molecule has 1 aromatic carbocycles. The van der Waals surface area contributed by atoms with Gasteiger partial charge in [-0.2, -0.15) is 0 Å². The van der Waals surface area contributed by atoms with E-state index in [-0.39, 0.29) is 0 Å². The largest absolute Gasteiger partial charge is 0.497 e. The maximum absolute atomic E-state index is 5.04. The van der Waals surface area contributed by atoms with Crippen LogP contribution in [-0.4, -0.2) is 12.9 Å². The van der Waals surface area contributed by atoms with Crippen molar-refractivity contribution in [1.29, 1.82) is 0 Å². The van der Waals surface area contributed by atoms with E-state index in [9.17, 15) is 0 Å². The van der Waals surface area contributed by atoms with Gasteiger partial charge in [0, 0.05) is 12.6 Å². The van der Waals surface area contributed by atoms with E-state index in [4.69, 9.17) is 4.74 Å². The summed E-state index contributed by atoms with van der Waals surface area (Å²) in [4.78, 5) is 4.04. The van der Waals surface area contributed by atoms with E-state index in [1.165, 1.54) is 0 Å². The molecule has 15 heavy (non-hydrogen) atoms. The number of methoxy groups -OCH3 is 1. The van der Waals surface area contributed by atoms with Crippen molar-refractivity contribution in [1.82, 2.24) is 0 Å². The summed E-state index contributed by atoms with van der Waals surface area (Å²) in [5.41, 5.74) is 0.797. The lowest BCUT2D eigenvalue weighted by atomic mass is 10.3. The third kappa shape index (κ3) is 2.49. The molecular formula is C11H11N3O. The van der Waals surface area contributed by atoms with E-state index in [2.05, 4.69) is 15.2 Å². The Morgan fingerprint density at radius 2 is 2.00 bits per heavy atom. The molecule has 4 heteroatoms. The highest BCUT2D eigenvalue weighted by Gasteiger charge is 1.98. The van der Waals surface area contributed by atoms with Crippen molar-refractivity contribution in [3.63, 3.8) is 0 Å². The van der Waals surface area contributed by atoms with Gasteiger partial charge in [-0.15, -0.1) is 10.2 Å². The summed E-state index contributed by atoms with van der Waals surface area (Å²) in [7, 11) is 1.63. The number of azo groups is 1. The van der Waals surface area contributed by atoms with Gasteiger partial charge in [0.2, 0.25) is 0 Å². The normalized spacial score (nSPS) is 14.6. The predicted octanol–water partition coefficient (Wildman–Crippen LogP) is 3.09. The molecule has 0 saturated carbocycles. The molecule has 2 rings (SSSR count). The number of ether oxygens (including phenoxy) is 1. The zero-order chi connectivity index (χ0) is 10.5. The van der Waals surface area contributed by atoms with E-state index in [1.54, 1.807) is 13.3 Å². The first-order valence-corrected chi connectivity index (χ1v) is 4.66. The quantitative estimate of drug-likeness (QED) is 0.678. The molecule has 1 aromatic rings. The van der Waals surface area contributed by atoms with Gasteiger partial charge in [0.1, 0.15) is 5.75 Å². The summed E-state index contributed by atoms with van der Waals surface area (Å²) in [5.74, 6) is 1.56. The molecule has 0 atom stereocenters. The highest BCUT2D eigenvalue weighted by atomic mass is 16.5. The van der Waals surface area contributed by atoms with Crippen LogP contribution in [0.3, 0.4) is 0 Å². The summed E-state index contributed by atoms with van der Waals surface area (Å²) in [5, 5.41) is 8.08. The van der Waals surface area contributed by atoms with E-state index in [1.807, 2.05) is 30.3 Å². The Labute approximate surface area is 88.0 Å². The van der Waals surface area contributed by atoms with E-state index in [0.717, 1.165) is 23.7 Å². The highest BCUT2D eigenvalue weighted by Crippen LogP contribution is 2.18. The van der Waals surface area contributed by atoms with Crippen molar-refractivity contribution in [3.8, 4) is 5.75 Å². The van der Waals surface area contributed by atoms with Crippen LogP contribution in [0.2, 0.25) is 0 Å². The Morgan fingerprint density at radius 1 is 1.20 bits per heavy atom. The smallest absolute Gasteiger partial charge is 0.154 e. The lowest BCUT2D eigenvalue weighted by molar-refractivity contribution is 0.415. The van der Waals surface area contributed by atoms with Crippen LogP contribution in [0.5, 0.6) is 5.75 Å². The molecule has 1 aliphatic heterocycles. The Kier molecular flexibility index (Phi) is 2.88. The predicted molar refractivity (Wildman–Crippen MR) is 58.7 cm³/mol. The number of aliphatic imine (C=N–C) groups is 1. The Morgan fingerprint density at radius 3 is 2.60 bits per heavy atom. The molecule has 0 aliphatic carbocycles. The Hall–Kier alpha value is -1.97. The van der Waals surface area contributed by atoms with Gasteiger partial charge < -0.3 is 4.74 Å². The molecule has 0 spiro atoms. The fourth-order valence-electron chi connectivity index (χ4n) is 1.18. The number of benzene rings is 1. The van der Waals surface area contributed by atoms with Crippen LogP contribution in [-0.2, 0) is 0 Å². The van der Waals surface area contributed by atoms with Gasteiger partial charge in [0.25, 0.3) is 0 Å². The van der Waals surface area contributed by atoms with Gasteiger partial charge in [0.05, 0.1) is 12.8 Å². The molecule has 4 nitrogen and oxygen atoms in total. The van der Waals surface area contributed by atoms with Gasteiger partial charge in [-0.3, -0.25) is 0 Å². The van der Waals surface area contributed by atoms with Gasteiger partial charge in [-0.1, -0.05) is 6.08 Å². The molecule has 0 bridgehead atoms. The van der Waals surface area contributed by atoms with Crippen molar-refractivity contribution >= 4 is 11.5 Å². The van der Waals surface area contributed by atoms with Crippen molar-refractivity contribution < 1.29 is 4.74 Å². The number of amidine groups is 1. The van der Waals surface area contributed by atoms with E-state index < -0.39 is 0 Å². The average molecular weight is 201 g/mol. The minimum Gasteiger partial charge on any atom is -0.497 e. The molecule has 0 unspecified atom stereocenters. The van der Waals surface area contributed by atoms with E-state index >= 15 is 0 Å². The van der Waals surface area contributed by atoms with Gasteiger partial charge in [-0.25, -0.2) is 4.99 Å². The summed E-state index contributed by atoms with van der Waals surface area (Å²) in [6, 6.07) is 7.41. The summed E-state index contributed by atoms with van der Waals surface area (Å²) in [6.07, 6.45) is 4.45. The minimum absolute atomic E-state index is 0.741. The second-order valence-corrected chi connectivity index (χ2v) is 3.03. The van der Waals surface area contributed by atoms with Crippen molar-refractivity contribution in [2.24, 2.45) is 15.2 Å². The fraction of sp³-hybridized carbons (Fsp3) is 0.182. The minimum atomic E-state index is 0.741. The molecule has 76 valence electrons. The van der Waals surface area contributed by atoms with Crippen molar-refractivity contribution in [2.75, 3.05) is 7.11 Å². The number of hydrogen-bond acceptors (Lipinski definition) is 4. The third-order valence-corrected chi connectivity index (χ3v) is 1.98. The molecule has 0 amide bonds. The maximum atomic E-state index is 5.04. The van der Waals surface area contributed by atoms with Crippen molar-refractivity contribution in [3.05, 3.63) is 36.5 Å². The first kappa shape index (κ1) is 9.58. The third-order valence-electron chi connectivity index (χ3n) is 1.98. The highest BCUT2D eigenvalue weighted by molar-refractivity contribution is 5.86. The maximum Gasteiger partial charge on any atom is 0.154 e. The molecule has 1 heterocycles. The second kappa shape index (κ2) is 4.50. The van der Waals surface area contributed by atoms with Crippen LogP contribution >= 0.6 is 0 Å². The summed E-state index contributed by atoms with van der Waals surface area (Å²) in [6.45, 7) is 0. The van der Waals surface area contributed by atoms with Crippen molar-refractivity contribution in [2.45, 2.75) is 6.42 Å². The Balaban J connectivity index is 2.04. The zero-order valence-corrected chi connectivity index (χ0v) is 8.42. The standard InChI is InChI=1S/C11H11N3O/c1-15-10-6-4-9(5-7-10)13-14-11-3-2-8-12-11/h2,4-8H,3H2,1H3. The molecule has 0 radical (unpaired) electrons. The van der Waals surface area contributed by atoms with Crippen LogP contribution in [0, 0.1) is 0 Å². The van der Waals surface area contributed by atoms with Crippen LogP contribution < -0.4 is 4.74 Å². The average Bonchev–Trinajstić information content (AvgIpc) is 2.80. The zero-order valence-electron chi connectivity index (χ0n) is 8.42. The fourth-order valence-corrected chi connectivity index (χ4v) is 1.18. The molecule has 0 aromatic heterocycles. The number of rotatable bonds is 2. The van der Waals surface area contributed by atoms with Crippen LogP contribution in [0.1, 0.15) is 6.42 Å². The molecule has 0 saturated heterocycles. The second-order valence-electron chi connectivity index (χ2n) is 3.03. The monoisotopic (exact) mass is 201 g/mol. The number of hydrogen-bond donors (Lipinski definition) is 0. The lowest BCUT2D eigenvalue weighted by Gasteiger charge is -1.97. The van der Waals surface area contributed by atoms with Gasteiger partial charge in [0.15, 0.2) is 5.84 Å². The lowest BCUT2D eigenvalue weighted by Crippen LogP contribution is -1.84. The molecule has 0 fully saturated rings. The molecule has 0 N–H and O–H groups in total. The summed E-state index contributed by atoms with van der Waals surface area (Å²) >= 11 is 0. The van der Waals surface area contributed by atoms with Gasteiger partial charge in [-0.05, 0) is 24.3 Å². The topological polar surface area (TPSA) is 46.3 Å². The SMILES string of the molecule is COc1ccc(N=NC2=NC=CC2)cc1. The molecule has 1 aliphatic rings. The van der Waals surface area contributed by atoms with Gasteiger partial charge >= 0.3 is 0 Å². The summed E-state index contributed by atoms with van der Waals surface area (Å²) < 4.78 is 5.04. The molecular weight excluding hydrogens is 190 g/mol. The Bertz CT molecular complexity index is 418. The van der Waals surface area contributed by atoms with E-state index in [0.29, 0.717) is 0 Å². The van der Waals surface area contributed by atoms with Crippen LogP contribution in [0.15, 0.2) is 51.8 Å². The first-order valence-electron chi connectivity index (χ1n) is 4.66. The number of nitrogens with zero attached hydrogens (tertiary/aromatic N) is 3. The van der Waals surface area contributed by atoms with Crippen LogP contribution in [0.4, 0.5) is 5.69 Å². The first-order chi connectivity index (χ1) is 7.38.